The molecule has 2 rings (SSSR count). The van der Waals surface area contributed by atoms with E-state index in [2.05, 4.69) is 15.6 Å². The Balaban J connectivity index is 0.00000264. The Morgan fingerprint density at radius 3 is 2.78 bits per heavy atom. The molecule has 0 aromatic heterocycles. The molecule has 4 nitrogen and oxygen atoms in total. The molecule has 0 heterocycles. The zero-order valence-corrected chi connectivity index (χ0v) is 16.0. The van der Waals surface area contributed by atoms with Crippen molar-refractivity contribution in [1.29, 1.82) is 0 Å². The minimum Gasteiger partial charge on any atom is -0.378 e. The molecule has 0 radical (unpaired) electrons. The van der Waals surface area contributed by atoms with Crippen molar-refractivity contribution in [3.8, 4) is 0 Å². The molecule has 0 atom stereocenters. The first-order valence-corrected chi connectivity index (χ1v) is 8.08. The molecular weight excluding hydrogens is 408 g/mol. The summed E-state index contributed by atoms with van der Waals surface area (Å²) in [6.07, 6.45) is 6.47. The monoisotopic (exact) mass is 435 g/mol. The SMILES string of the molecule is CN=C(NCCCOC1CCCC1)NCc1cccc(F)c1.I. The zero-order chi connectivity index (χ0) is 15.6. The Bertz CT molecular complexity index is 479. The predicted molar refractivity (Wildman–Crippen MR) is 103 cm³/mol. The van der Waals surface area contributed by atoms with Crippen LogP contribution in [-0.4, -0.2) is 32.3 Å². The third-order valence-corrected chi connectivity index (χ3v) is 3.84. The molecule has 1 aliphatic carbocycles. The normalized spacial score (nSPS) is 15.3. The highest BCUT2D eigenvalue weighted by Crippen LogP contribution is 2.20. The van der Waals surface area contributed by atoms with Gasteiger partial charge in [0.2, 0.25) is 0 Å². The second-order valence-electron chi connectivity index (χ2n) is 5.61. The van der Waals surface area contributed by atoms with Crippen LogP contribution in [0.4, 0.5) is 4.39 Å². The van der Waals surface area contributed by atoms with Gasteiger partial charge in [-0.2, -0.15) is 0 Å². The second-order valence-corrected chi connectivity index (χ2v) is 5.61. The number of nitrogens with zero attached hydrogens (tertiary/aromatic N) is 1. The third kappa shape index (κ3) is 7.97. The second kappa shape index (κ2) is 11.6. The Kier molecular flexibility index (Phi) is 10.2. The number of halogens is 2. The summed E-state index contributed by atoms with van der Waals surface area (Å²) in [7, 11) is 1.73. The molecule has 0 spiro atoms. The molecule has 1 saturated carbocycles. The van der Waals surface area contributed by atoms with E-state index < -0.39 is 0 Å². The van der Waals surface area contributed by atoms with Crippen LogP contribution in [0.25, 0.3) is 0 Å². The van der Waals surface area contributed by atoms with Crippen molar-refractivity contribution in [3.05, 3.63) is 35.6 Å². The van der Waals surface area contributed by atoms with E-state index in [0.29, 0.717) is 12.6 Å². The highest BCUT2D eigenvalue weighted by atomic mass is 127. The minimum atomic E-state index is -0.216. The van der Waals surface area contributed by atoms with Crippen molar-refractivity contribution >= 4 is 29.9 Å². The van der Waals surface area contributed by atoms with Crippen LogP contribution < -0.4 is 10.6 Å². The van der Waals surface area contributed by atoms with E-state index in [0.717, 1.165) is 31.1 Å². The maximum atomic E-state index is 13.1. The summed E-state index contributed by atoms with van der Waals surface area (Å²) in [5.74, 6) is 0.511. The zero-order valence-electron chi connectivity index (χ0n) is 13.7. The molecule has 1 fully saturated rings. The average molecular weight is 435 g/mol. The first kappa shape index (κ1) is 20.2. The van der Waals surface area contributed by atoms with E-state index in [9.17, 15) is 4.39 Å². The number of hydrogen-bond donors (Lipinski definition) is 2. The molecular formula is C17H27FIN3O. The van der Waals surface area contributed by atoms with Crippen LogP contribution in [0.1, 0.15) is 37.7 Å². The van der Waals surface area contributed by atoms with Gasteiger partial charge in [-0.15, -0.1) is 24.0 Å². The number of nitrogens with one attached hydrogen (secondary N) is 2. The first-order valence-electron chi connectivity index (χ1n) is 8.08. The molecule has 130 valence electrons. The summed E-state index contributed by atoms with van der Waals surface area (Å²) in [6, 6.07) is 6.57. The highest BCUT2D eigenvalue weighted by Gasteiger charge is 2.14. The minimum absolute atomic E-state index is 0. The van der Waals surface area contributed by atoms with E-state index in [1.807, 2.05) is 6.07 Å². The van der Waals surface area contributed by atoms with Crippen molar-refractivity contribution in [2.24, 2.45) is 4.99 Å². The van der Waals surface area contributed by atoms with Gasteiger partial charge in [0.05, 0.1) is 6.10 Å². The summed E-state index contributed by atoms with van der Waals surface area (Å²) in [5, 5.41) is 6.42. The molecule has 0 saturated heterocycles. The summed E-state index contributed by atoms with van der Waals surface area (Å²) < 4.78 is 18.9. The molecule has 6 heteroatoms. The summed E-state index contributed by atoms with van der Waals surface area (Å²) in [4.78, 5) is 4.16. The first-order chi connectivity index (χ1) is 10.8. The number of guanidine groups is 1. The maximum absolute atomic E-state index is 13.1. The number of rotatable bonds is 7. The smallest absolute Gasteiger partial charge is 0.191 e. The van der Waals surface area contributed by atoms with Crippen LogP contribution in [0.2, 0.25) is 0 Å². The summed E-state index contributed by atoms with van der Waals surface area (Å²) in [6.45, 7) is 2.16. The Morgan fingerprint density at radius 1 is 1.30 bits per heavy atom. The molecule has 0 bridgehead atoms. The van der Waals surface area contributed by atoms with Crippen molar-refractivity contribution in [2.45, 2.75) is 44.8 Å². The summed E-state index contributed by atoms with van der Waals surface area (Å²) in [5.41, 5.74) is 0.896. The Morgan fingerprint density at radius 2 is 2.09 bits per heavy atom. The van der Waals surface area contributed by atoms with E-state index in [-0.39, 0.29) is 29.8 Å². The quantitative estimate of drug-likeness (QED) is 0.299. The number of aliphatic imine (C=N–C) groups is 1. The van der Waals surface area contributed by atoms with Gasteiger partial charge in [-0.05, 0) is 37.0 Å². The van der Waals surface area contributed by atoms with Crippen LogP contribution in [0.3, 0.4) is 0 Å². The van der Waals surface area contributed by atoms with Gasteiger partial charge in [0.25, 0.3) is 0 Å². The third-order valence-electron chi connectivity index (χ3n) is 3.84. The molecule has 0 amide bonds. The number of benzene rings is 1. The Labute approximate surface area is 155 Å². The molecule has 0 unspecified atom stereocenters. The van der Waals surface area contributed by atoms with Crippen molar-refractivity contribution in [1.82, 2.24) is 10.6 Å². The standard InChI is InChI=1S/C17H26FN3O.HI/c1-19-17(21-13-14-6-4-7-15(18)12-14)20-10-5-11-22-16-8-2-3-9-16;/h4,6-7,12,16H,2-3,5,8-11,13H2,1H3,(H2,19,20,21);1H. The van der Waals surface area contributed by atoms with Crippen LogP contribution >= 0.6 is 24.0 Å². The lowest BCUT2D eigenvalue weighted by Gasteiger charge is -2.13. The van der Waals surface area contributed by atoms with E-state index in [4.69, 9.17) is 4.74 Å². The van der Waals surface area contributed by atoms with Gasteiger partial charge in [0.15, 0.2) is 5.96 Å². The average Bonchev–Trinajstić information content (AvgIpc) is 3.03. The fraction of sp³-hybridized carbons (Fsp3) is 0.588. The van der Waals surface area contributed by atoms with Crippen LogP contribution in [0.15, 0.2) is 29.3 Å². The molecule has 1 aromatic carbocycles. The van der Waals surface area contributed by atoms with E-state index >= 15 is 0 Å². The van der Waals surface area contributed by atoms with Gasteiger partial charge in [-0.1, -0.05) is 25.0 Å². The molecule has 0 aliphatic heterocycles. The lowest BCUT2D eigenvalue weighted by atomic mass is 10.2. The fourth-order valence-corrected chi connectivity index (χ4v) is 2.64. The maximum Gasteiger partial charge on any atom is 0.191 e. The molecule has 23 heavy (non-hydrogen) atoms. The van der Waals surface area contributed by atoms with Crippen molar-refractivity contribution in [3.63, 3.8) is 0 Å². The molecule has 1 aromatic rings. The van der Waals surface area contributed by atoms with Gasteiger partial charge in [0.1, 0.15) is 5.82 Å². The van der Waals surface area contributed by atoms with Crippen molar-refractivity contribution < 1.29 is 9.13 Å². The van der Waals surface area contributed by atoms with Gasteiger partial charge in [-0.25, -0.2) is 4.39 Å². The highest BCUT2D eigenvalue weighted by molar-refractivity contribution is 14.0. The predicted octanol–water partition coefficient (Wildman–Crippen LogP) is 3.46. The molecule has 1 aliphatic rings. The topological polar surface area (TPSA) is 45.7 Å². The number of ether oxygens (including phenoxy) is 1. The summed E-state index contributed by atoms with van der Waals surface area (Å²) >= 11 is 0. The van der Waals surface area contributed by atoms with Crippen LogP contribution in [-0.2, 0) is 11.3 Å². The molecule has 2 N–H and O–H groups in total. The van der Waals surface area contributed by atoms with Crippen LogP contribution in [0, 0.1) is 5.82 Å². The van der Waals surface area contributed by atoms with E-state index in [1.54, 1.807) is 13.1 Å². The van der Waals surface area contributed by atoms with Crippen molar-refractivity contribution in [2.75, 3.05) is 20.2 Å². The van der Waals surface area contributed by atoms with Gasteiger partial charge in [-0.3, -0.25) is 4.99 Å². The largest absolute Gasteiger partial charge is 0.378 e. The number of hydrogen-bond acceptors (Lipinski definition) is 2. The van der Waals surface area contributed by atoms with Gasteiger partial charge < -0.3 is 15.4 Å². The fourth-order valence-electron chi connectivity index (χ4n) is 2.64. The lowest BCUT2D eigenvalue weighted by Crippen LogP contribution is -2.37. The lowest BCUT2D eigenvalue weighted by molar-refractivity contribution is 0.0574. The van der Waals surface area contributed by atoms with Crippen LogP contribution in [0.5, 0.6) is 0 Å². The van der Waals surface area contributed by atoms with Gasteiger partial charge in [0, 0.05) is 26.7 Å². The van der Waals surface area contributed by atoms with Gasteiger partial charge >= 0.3 is 0 Å². The van der Waals surface area contributed by atoms with E-state index in [1.165, 1.54) is 37.8 Å². The Hall–Kier alpha value is -0.890.